The van der Waals surface area contributed by atoms with Crippen molar-refractivity contribution >= 4 is 17.3 Å². The molecule has 0 N–H and O–H groups in total. The van der Waals surface area contributed by atoms with Crippen molar-refractivity contribution in [3.05, 3.63) is 58.1 Å². The summed E-state index contributed by atoms with van der Waals surface area (Å²) in [4.78, 5) is 28.6. The fourth-order valence-corrected chi connectivity index (χ4v) is 5.25. The second kappa shape index (κ2) is 9.29. The van der Waals surface area contributed by atoms with Crippen LogP contribution >= 0.6 is 0 Å². The lowest BCUT2D eigenvalue weighted by atomic mass is 9.93. The molecule has 0 aromatic heterocycles. The van der Waals surface area contributed by atoms with Gasteiger partial charge in [0.05, 0.1) is 24.2 Å². The number of benzene rings is 2. The number of carbonyl (C=O) groups excluding carboxylic acids is 1. The molecule has 3 heterocycles. The van der Waals surface area contributed by atoms with Gasteiger partial charge in [0.1, 0.15) is 5.69 Å². The Morgan fingerprint density at radius 2 is 1.70 bits per heavy atom. The van der Waals surface area contributed by atoms with E-state index >= 15 is 0 Å². The van der Waals surface area contributed by atoms with E-state index in [-0.39, 0.29) is 28.5 Å². The van der Waals surface area contributed by atoms with Gasteiger partial charge >= 0.3 is 0 Å². The highest BCUT2D eigenvalue weighted by Gasteiger charge is 2.36. The van der Waals surface area contributed by atoms with E-state index in [0.29, 0.717) is 44.8 Å². The van der Waals surface area contributed by atoms with Crippen LogP contribution in [0.2, 0.25) is 0 Å². The molecule has 174 valence electrons. The van der Waals surface area contributed by atoms with Crippen LogP contribution in [0.25, 0.3) is 0 Å². The van der Waals surface area contributed by atoms with Crippen molar-refractivity contribution < 1.29 is 19.2 Å². The molecule has 1 unspecified atom stereocenters. The van der Waals surface area contributed by atoms with E-state index in [1.807, 2.05) is 28.0 Å². The molecule has 2 saturated heterocycles. The van der Waals surface area contributed by atoms with Crippen molar-refractivity contribution in [2.24, 2.45) is 5.92 Å². The Morgan fingerprint density at radius 3 is 2.48 bits per heavy atom. The number of fused-ring (bicyclic) bond motifs is 1. The number of anilines is 1. The average molecular weight is 452 g/mol. The molecule has 8 nitrogen and oxygen atoms in total. The number of nitrogens with zero attached hydrogens (tertiary/aromatic N) is 3. The Bertz CT molecular complexity index is 1030. The largest absolute Gasteiger partial charge is 0.490 e. The zero-order valence-corrected chi connectivity index (χ0v) is 18.7. The van der Waals surface area contributed by atoms with Crippen LogP contribution in [0.3, 0.4) is 0 Å². The van der Waals surface area contributed by atoms with Gasteiger partial charge in [-0.2, -0.15) is 0 Å². The predicted octanol–water partition coefficient (Wildman–Crippen LogP) is 4.34. The number of nitro groups is 1. The van der Waals surface area contributed by atoms with E-state index < -0.39 is 0 Å². The zero-order valence-electron chi connectivity index (χ0n) is 18.7. The molecule has 2 fully saturated rings. The number of hydrogen-bond donors (Lipinski definition) is 0. The van der Waals surface area contributed by atoms with Gasteiger partial charge < -0.3 is 19.3 Å². The topological polar surface area (TPSA) is 85.2 Å². The Morgan fingerprint density at radius 1 is 0.939 bits per heavy atom. The van der Waals surface area contributed by atoms with Crippen LogP contribution in [-0.4, -0.2) is 48.6 Å². The Kier molecular flexibility index (Phi) is 6.07. The number of rotatable bonds is 4. The fourth-order valence-electron chi connectivity index (χ4n) is 5.25. The first-order valence-corrected chi connectivity index (χ1v) is 11.8. The molecule has 33 heavy (non-hydrogen) atoms. The molecule has 0 spiro atoms. The molecule has 0 radical (unpaired) electrons. The van der Waals surface area contributed by atoms with Crippen LogP contribution in [0.15, 0.2) is 42.5 Å². The first-order chi connectivity index (χ1) is 16.1. The molecular weight excluding hydrogens is 422 g/mol. The van der Waals surface area contributed by atoms with Crippen LogP contribution < -0.4 is 14.4 Å². The summed E-state index contributed by atoms with van der Waals surface area (Å²) in [6.45, 7) is 3.35. The maximum atomic E-state index is 13.5. The highest BCUT2D eigenvalue weighted by Crippen LogP contribution is 2.39. The normalized spacial score (nSPS) is 21.0. The summed E-state index contributed by atoms with van der Waals surface area (Å²) in [5, 5.41) is 11.4. The summed E-state index contributed by atoms with van der Waals surface area (Å²) in [5.74, 6) is 1.69. The Hall–Kier alpha value is -3.29. The number of hydrogen-bond acceptors (Lipinski definition) is 6. The monoisotopic (exact) mass is 451 g/mol. The van der Waals surface area contributed by atoms with Gasteiger partial charge in [0.25, 0.3) is 5.69 Å². The highest BCUT2D eigenvalue weighted by atomic mass is 16.6. The third-order valence-electron chi connectivity index (χ3n) is 6.96. The number of nitro benzene ring substituents is 1. The van der Waals surface area contributed by atoms with E-state index in [4.69, 9.17) is 9.47 Å². The molecule has 3 aliphatic heterocycles. The molecule has 2 aromatic carbocycles. The van der Waals surface area contributed by atoms with Crippen molar-refractivity contribution in [2.75, 3.05) is 37.7 Å². The molecular formula is C25H29N3O5. The van der Waals surface area contributed by atoms with Gasteiger partial charge in [-0.15, -0.1) is 0 Å². The zero-order chi connectivity index (χ0) is 22.8. The molecule has 3 aliphatic rings. The minimum Gasteiger partial charge on any atom is -0.490 e. The summed E-state index contributed by atoms with van der Waals surface area (Å²) in [7, 11) is 0. The second-order valence-electron chi connectivity index (χ2n) is 8.95. The summed E-state index contributed by atoms with van der Waals surface area (Å²) in [5.41, 5.74) is 1.86. The molecule has 8 heteroatoms. The number of carbonyl (C=O) groups is 1. The molecule has 1 amide bonds. The summed E-state index contributed by atoms with van der Waals surface area (Å²) < 4.78 is 11.6. The van der Waals surface area contributed by atoms with E-state index in [1.54, 1.807) is 12.1 Å². The van der Waals surface area contributed by atoms with Gasteiger partial charge in [-0.3, -0.25) is 14.9 Å². The Labute approximate surface area is 193 Å². The fraction of sp³-hybridized carbons (Fsp3) is 0.480. The minimum atomic E-state index is -0.337. The number of likely N-dealkylation sites (tertiary alicyclic amines) is 1. The summed E-state index contributed by atoms with van der Waals surface area (Å²) >= 11 is 0. The highest BCUT2D eigenvalue weighted by molar-refractivity contribution is 5.80. The van der Waals surface area contributed by atoms with Crippen molar-refractivity contribution in [1.82, 2.24) is 4.90 Å². The van der Waals surface area contributed by atoms with Gasteiger partial charge in [-0.1, -0.05) is 18.2 Å². The predicted molar refractivity (Wildman–Crippen MR) is 124 cm³/mol. The van der Waals surface area contributed by atoms with Crippen LogP contribution in [0.5, 0.6) is 11.5 Å². The summed E-state index contributed by atoms with van der Waals surface area (Å²) in [6, 6.07) is 13.0. The van der Waals surface area contributed by atoms with Crippen LogP contribution in [0, 0.1) is 16.0 Å². The third kappa shape index (κ3) is 4.34. The van der Waals surface area contributed by atoms with Crippen molar-refractivity contribution in [1.29, 1.82) is 0 Å². The Balaban J connectivity index is 1.27. The average Bonchev–Trinajstić information content (AvgIpc) is 3.22. The van der Waals surface area contributed by atoms with Gasteiger partial charge in [0.2, 0.25) is 5.91 Å². The van der Waals surface area contributed by atoms with E-state index in [1.165, 1.54) is 6.07 Å². The SMILES string of the molecule is O=C(C1CCN(c2ccccc2[N+](=O)[O-])CC1)N1CCCC1c1ccc2c(c1)OCCCO2. The van der Waals surface area contributed by atoms with E-state index in [9.17, 15) is 14.9 Å². The number of ether oxygens (including phenoxy) is 2. The first-order valence-electron chi connectivity index (χ1n) is 11.8. The maximum Gasteiger partial charge on any atom is 0.292 e. The molecule has 0 aliphatic carbocycles. The maximum absolute atomic E-state index is 13.5. The van der Waals surface area contributed by atoms with Crippen molar-refractivity contribution in [3.8, 4) is 11.5 Å². The van der Waals surface area contributed by atoms with E-state index in [2.05, 4.69) is 6.07 Å². The molecule has 0 saturated carbocycles. The molecule has 0 bridgehead atoms. The summed E-state index contributed by atoms with van der Waals surface area (Å²) in [6.07, 6.45) is 4.20. The number of piperidine rings is 1. The second-order valence-corrected chi connectivity index (χ2v) is 8.95. The standard InChI is InChI=1S/C25H29N3O5/c29-25(18-10-13-26(14-11-18)21-5-1-2-6-22(21)28(30)31)27-12-3-7-20(27)19-8-9-23-24(17-19)33-16-4-15-32-23/h1-2,5-6,8-9,17-18,20H,3-4,7,10-16H2. The van der Waals surface area contributed by atoms with Gasteiger partial charge in [-0.25, -0.2) is 0 Å². The molecule has 1 atom stereocenters. The lowest BCUT2D eigenvalue weighted by molar-refractivity contribution is -0.384. The molecule has 2 aromatic rings. The van der Waals surface area contributed by atoms with Crippen molar-refractivity contribution in [2.45, 2.75) is 38.1 Å². The third-order valence-corrected chi connectivity index (χ3v) is 6.96. The van der Waals surface area contributed by atoms with Gasteiger partial charge in [0, 0.05) is 38.0 Å². The minimum absolute atomic E-state index is 0.0509. The van der Waals surface area contributed by atoms with Gasteiger partial charge in [0.15, 0.2) is 11.5 Å². The van der Waals surface area contributed by atoms with Crippen LogP contribution in [-0.2, 0) is 4.79 Å². The quantitative estimate of drug-likeness (QED) is 0.508. The number of para-hydroxylation sites is 2. The van der Waals surface area contributed by atoms with Crippen molar-refractivity contribution in [3.63, 3.8) is 0 Å². The van der Waals surface area contributed by atoms with Gasteiger partial charge in [-0.05, 0) is 49.4 Å². The molecule has 5 rings (SSSR count). The lowest BCUT2D eigenvalue weighted by Gasteiger charge is -2.36. The first kappa shape index (κ1) is 21.6. The van der Waals surface area contributed by atoms with E-state index in [0.717, 1.165) is 42.9 Å². The lowest BCUT2D eigenvalue weighted by Crippen LogP contribution is -2.42. The number of amides is 1. The van der Waals surface area contributed by atoms with Crippen LogP contribution in [0.1, 0.15) is 43.7 Å². The van der Waals surface area contributed by atoms with Crippen LogP contribution in [0.4, 0.5) is 11.4 Å². The smallest absolute Gasteiger partial charge is 0.292 e.